The van der Waals surface area contributed by atoms with Gasteiger partial charge >= 0.3 is 18.1 Å². The van der Waals surface area contributed by atoms with Crippen molar-refractivity contribution in [3.05, 3.63) is 130 Å². The standard InChI is InChI=1S/C20H22N2O2.C16H16N2O3.C2HF3O2/c1-13(2)15-5-3-14(4-6-15)11-19(23)22-10-9-16-7-8-17(20(21)24)12-18(16)22;17-10-12-5-4-6-13(9-12)16(21)18(11-15(19)20)14-7-2-1-3-8-14;3-2(4,5)1(6)7/h3-8,12-13H,9-11H2,1-2H3,(H2,21,24);1-9H,10-11,17H2,(H,19,20);(H,6,7). The summed E-state index contributed by atoms with van der Waals surface area (Å²) in [5.74, 6) is -4.13. The molecule has 0 saturated heterocycles. The summed E-state index contributed by atoms with van der Waals surface area (Å²) in [5.41, 5.74) is 17.3. The number of amides is 3. The molecule has 0 fully saturated rings. The number of nitrogens with zero attached hydrogens (tertiary/aromatic N) is 2. The number of carboxylic acids is 2. The SMILES string of the molecule is CC(C)c1ccc(CC(=O)N2CCc3ccc(C(N)=O)cc32)cc1.NCc1cccc(C(=O)N(CC(=O)O)c2ccccc2)c1.O=C(O)C(F)(F)F. The Kier molecular flexibility index (Phi) is 14.2. The highest BCUT2D eigenvalue weighted by molar-refractivity contribution is 6.08. The van der Waals surface area contributed by atoms with Crippen LogP contribution in [-0.2, 0) is 33.8 Å². The van der Waals surface area contributed by atoms with Crippen LogP contribution in [-0.4, -0.2) is 59.1 Å². The lowest BCUT2D eigenvalue weighted by molar-refractivity contribution is -0.192. The molecule has 0 spiro atoms. The first-order chi connectivity index (χ1) is 24.5. The van der Waals surface area contributed by atoms with Crippen LogP contribution in [0.5, 0.6) is 0 Å². The predicted octanol–water partition coefficient (Wildman–Crippen LogP) is 5.55. The van der Waals surface area contributed by atoms with Gasteiger partial charge in [-0.15, -0.1) is 0 Å². The number of hydrogen-bond donors (Lipinski definition) is 4. The third-order valence-corrected chi connectivity index (χ3v) is 7.83. The monoisotopic (exact) mass is 720 g/mol. The minimum Gasteiger partial charge on any atom is -0.480 e. The van der Waals surface area contributed by atoms with Crippen LogP contribution >= 0.6 is 0 Å². The number of carboxylic acid groups (broad SMARTS) is 2. The van der Waals surface area contributed by atoms with Gasteiger partial charge in [-0.2, -0.15) is 13.2 Å². The number of carbonyl (C=O) groups is 5. The molecule has 52 heavy (non-hydrogen) atoms. The molecule has 274 valence electrons. The molecule has 0 atom stereocenters. The third-order valence-electron chi connectivity index (χ3n) is 7.83. The Bertz CT molecular complexity index is 1880. The average molecular weight is 721 g/mol. The molecule has 0 saturated carbocycles. The van der Waals surface area contributed by atoms with Crippen LogP contribution in [0.2, 0.25) is 0 Å². The fourth-order valence-electron chi connectivity index (χ4n) is 5.09. The number of hydrogen-bond acceptors (Lipinski definition) is 6. The molecule has 5 rings (SSSR count). The van der Waals surface area contributed by atoms with Gasteiger partial charge in [0.2, 0.25) is 11.8 Å². The van der Waals surface area contributed by atoms with Crippen LogP contribution in [0.4, 0.5) is 24.5 Å². The summed E-state index contributed by atoms with van der Waals surface area (Å²) in [6.45, 7) is 4.89. The lowest BCUT2D eigenvalue weighted by Gasteiger charge is -2.21. The number of aliphatic carboxylic acids is 2. The first-order valence-corrected chi connectivity index (χ1v) is 16.0. The minimum atomic E-state index is -5.08. The van der Waals surface area contributed by atoms with Crippen molar-refractivity contribution in [1.29, 1.82) is 0 Å². The maximum atomic E-state index is 12.7. The van der Waals surface area contributed by atoms with Crippen LogP contribution in [0.15, 0.2) is 97.1 Å². The van der Waals surface area contributed by atoms with Crippen molar-refractivity contribution in [3.63, 3.8) is 0 Å². The third kappa shape index (κ3) is 11.5. The Morgan fingerprint density at radius 2 is 1.46 bits per heavy atom. The number of para-hydroxylation sites is 1. The number of primary amides is 1. The van der Waals surface area contributed by atoms with Crippen molar-refractivity contribution in [2.45, 2.75) is 45.3 Å². The fraction of sp³-hybridized carbons (Fsp3) is 0.237. The molecule has 0 unspecified atom stereocenters. The normalized spacial score (nSPS) is 11.7. The van der Waals surface area contributed by atoms with E-state index in [1.807, 2.05) is 30.3 Å². The van der Waals surface area contributed by atoms with Gasteiger partial charge in [0.1, 0.15) is 6.54 Å². The molecule has 0 aromatic heterocycles. The van der Waals surface area contributed by atoms with E-state index in [1.54, 1.807) is 59.5 Å². The lowest BCUT2D eigenvalue weighted by Crippen LogP contribution is -2.35. The zero-order chi connectivity index (χ0) is 38.6. The maximum absolute atomic E-state index is 12.7. The number of rotatable bonds is 9. The molecular weight excluding hydrogens is 681 g/mol. The van der Waals surface area contributed by atoms with Crippen LogP contribution in [0.1, 0.15) is 62.7 Å². The van der Waals surface area contributed by atoms with E-state index in [0.717, 1.165) is 28.8 Å². The zero-order valence-corrected chi connectivity index (χ0v) is 28.5. The van der Waals surface area contributed by atoms with Gasteiger partial charge in [0.15, 0.2) is 0 Å². The molecule has 4 aromatic carbocycles. The Morgan fingerprint density at radius 1 is 0.827 bits per heavy atom. The molecule has 4 aromatic rings. The largest absolute Gasteiger partial charge is 0.490 e. The van der Waals surface area contributed by atoms with Crippen molar-refractivity contribution in [3.8, 4) is 0 Å². The molecule has 6 N–H and O–H groups in total. The van der Waals surface area contributed by atoms with Crippen LogP contribution in [0.3, 0.4) is 0 Å². The summed E-state index contributed by atoms with van der Waals surface area (Å²) in [7, 11) is 0. The van der Waals surface area contributed by atoms with Crippen molar-refractivity contribution in [2.24, 2.45) is 11.5 Å². The second-order valence-corrected chi connectivity index (χ2v) is 11.9. The molecule has 1 heterocycles. The summed E-state index contributed by atoms with van der Waals surface area (Å²) < 4.78 is 31.7. The summed E-state index contributed by atoms with van der Waals surface area (Å²) in [4.78, 5) is 59.6. The van der Waals surface area contributed by atoms with Gasteiger partial charge < -0.3 is 26.6 Å². The van der Waals surface area contributed by atoms with Gasteiger partial charge in [-0.05, 0) is 71.0 Å². The van der Waals surface area contributed by atoms with E-state index >= 15 is 0 Å². The van der Waals surface area contributed by atoms with Crippen LogP contribution in [0, 0.1) is 0 Å². The van der Waals surface area contributed by atoms with Crippen molar-refractivity contribution < 1.29 is 47.4 Å². The highest BCUT2D eigenvalue weighted by Gasteiger charge is 2.38. The van der Waals surface area contributed by atoms with E-state index in [1.165, 1.54) is 10.5 Å². The summed E-state index contributed by atoms with van der Waals surface area (Å²) in [5, 5.41) is 16.2. The van der Waals surface area contributed by atoms with E-state index in [2.05, 4.69) is 26.0 Å². The maximum Gasteiger partial charge on any atom is 0.490 e. The molecule has 14 heteroatoms. The van der Waals surface area contributed by atoms with Gasteiger partial charge in [0, 0.05) is 35.6 Å². The number of anilines is 2. The molecule has 0 aliphatic carbocycles. The Balaban J connectivity index is 0.000000239. The van der Waals surface area contributed by atoms with Crippen molar-refractivity contribution >= 4 is 41.0 Å². The second kappa shape index (κ2) is 18.3. The number of carbonyl (C=O) groups excluding carboxylic acids is 3. The quantitative estimate of drug-likeness (QED) is 0.173. The van der Waals surface area contributed by atoms with Crippen molar-refractivity contribution in [2.75, 3.05) is 22.9 Å². The molecule has 11 nitrogen and oxygen atoms in total. The highest BCUT2D eigenvalue weighted by atomic mass is 19.4. The Hall–Kier alpha value is -6.02. The van der Waals surface area contributed by atoms with E-state index in [4.69, 9.17) is 26.5 Å². The molecule has 3 amide bonds. The summed E-state index contributed by atoms with van der Waals surface area (Å²) >= 11 is 0. The molecular formula is C38H39F3N4O7. The topological polar surface area (TPSA) is 184 Å². The predicted molar refractivity (Wildman–Crippen MR) is 189 cm³/mol. The fourth-order valence-corrected chi connectivity index (χ4v) is 5.09. The van der Waals surface area contributed by atoms with E-state index in [9.17, 15) is 32.3 Å². The number of halogens is 3. The molecule has 1 aliphatic heterocycles. The van der Waals surface area contributed by atoms with Gasteiger partial charge in [-0.25, -0.2) is 4.79 Å². The number of benzene rings is 4. The summed E-state index contributed by atoms with van der Waals surface area (Å²) in [6.07, 6.45) is -3.91. The first kappa shape index (κ1) is 40.4. The number of fused-ring (bicyclic) bond motifs is 1. The van der Waals surface area contributed by atoms with Gasteiger partial charge in [0.25, 0.3) is 5.91 Å². The number of nitrogens with two attached hydrogens (primary N) is 2. The highest BCUT2D eigenvalue weighted by Crippen LogP contribution is 2.30. The minimum absolute atomic E-state index is 0.0488. The lowest BCUT2D eigenvalue weighted by atomic mass is 10.0. The second-order valence-electron chi connectivity index (χ2n) is 11.9. The first-order valence-electron chi connectivity index (χ1n) is 16.0. The summed E-state index contributed by atoms with van der Waals surface area (Å²) in [6, 6.07) is 29.1. The molecule has 0 bridgehead atoms. The molecule has 1 aliphatic rings. The number of alkyl halides is 3. The van der Waals surface area contributed by atoms with E-state index < -0.39 is 30.6 Å². The molecule has 0 radical (unpaired) electrons. The Labute approximate surface area is 298 Å². The van der Waals surface area contributed by atoms with Gasteiger partial charge in [-0.1, -0.05) is 74.5 Å². The van der Waals surface area contributed by atoms with Gasteiger partial charge in [-0.3, -0.25) is 24.1 Å². The van der Waals surface area contributed by atoms with Crippen LogP contribution < -0.4 is 21.3 Å². The van der Waals surface area contributed by atoms with Crippen molar-refractivity contribution in [1.82, 2.24) is 0 Å². The van der Waals surface area contributed by atoms with Crippen LogP contribution in [0.25, 0.3) is 0 Å². The average Bonchev–Trinajstić information content (AvgIpc) is 3.55. The smallest absolute Gasteiger partial charge is 0.480 e. The Morgan fingerprint density at radius 3 is 2.00 bits per heavy atom. The van der Waals surface area contributed by atoms with Gasteiger partial charge in [0.05, 0.1) is 6.42 Å². The van der Waals surface area contributed by atoms with E-state index in [0.29, 0.717) is 42.2 Å². The zero-order valence-electron chi connectivity index (χ0n) is 28.5. The van der Waals surface area contributed by atoms with E-state index in [-0.39, 0.29) is 11.8 Å².